The van der Waals surface area contributed by atoms with Crippen LogP contribution in [-0.4, -0.2) is 21.5 Å². The number of nitro groups is 1. The van der Waals surface area contributed by atoms with Crippen molar-refractivity contribution in [1.29, 1.82) is 0 Å². The van der Waals surface area contributed by atoms with Crippen LogP contribution in [0.5, 0.6) is 0 Å². The van der Waals surface area contributed by atoms with E-state index in [0.29, 0.717) is 12.4 Å². The highest BCUT2D eigenvalue weighted by Gasteiger charge is 2.12. The Bertz CT molecular complexity index is 666. The fourth-order valence-electron chi connectivity index (χ4n) is 1.74. The van der Waals surface area contributed by atoms with Crippen molar-refractivity contribution in [2.45, 2.75) is 6.54 Å². The van der Waals surface area contributed by atoms with Crippen molar-refractivity contribution in [1.82, 2.24) is 9.55 Å². The van der Waals surface area contributed by atoms with E-state index < -0.39 is 16.0 Å². The number of hydrogen-bond donors (Lipinski definition) is 1. The topological polar surface area (TPSA) is 90.1 Å². The molecule has 0 bridgehead atoms. The zero-order valence-electron chi connectivity index (χ0n) is 10.2. The highest BCUT2D eigenvalue weighted by atomic mass is 16.6. The number of pyridine rings is 2. The SMILES string of the molecule is CNc1ncccc1Cn1ccc(=O)c([N+](=O)[O-])c1. The van der Waals surface area contributed by atoms with Crippen LogP contribution in [0.15, 0.2) is 41.6 Å². The molecular formula is C12H12N4O3. The largest absolute Gasteiger partial charge is 0.373 e. The van der Waals surface area contributed by atoms with E-state index >= 15 is 0 Å². The van der Waals surface area contributed by atoms with E-state index in [-0.39, 0.29) is 0 Å². The summed E-state index contributed by atoms with van der Waals surface area (Å²) in [7, 11) is 1.75. The summed E-state index contributed by atoms with van der Waals surface area (Å²) in [6.45, 7) is 0.394. The fourth-order valence-corrected chi connectivity index (χ4v) is 1.74. The minimum absolute atomic E-state index is 0.394. The third kappa shape index (κ3) is 2.76. The van der Waals surface area contributed by atoms with Crippen LogP contribution in [0.3, 0.4) is 0 Å². The molecule has 0 saturated heterocycles. The second-order valence-corrected chi connectivity index (χ2v) is 3.88. The molecule has 0 amide bonds. The summed E-state index contributed by atoms with van der Waals surface area (Å²) in [5.41, 5.74) is -0.151. The van der Waals surface area contributed by atoms with Crippen molar-refractivity contribution in [3.05, 3.63) is 62.7 Å². The van der Waals surface area contributed by atoms with Gasteiger partial charge < -0.3 is 9.88 Å². The fraction of sp³-hybridized carbons (Fsp3) is 0.167. The average Bonchev–Trinajstić information content (AvgIpc) is 2.41. The second-order valence-electron chi connectivity index (χ2n) is 3.88. The highest BCUT2D eigenvalue weighted by Crippen LogP contribution is 2.13. The van der Waals surface area contributed by atoms with Gasteiger partial charge in [0, 0.05) is 31.1 Å². The van der Waals surface area contributed by atoms with Gasteiger partial charge in [-0.1, -0.05) is 6.07 Å². The molecule has 0 radical (unpaired) electrons. The molecule has 0 fully saturated rings. The molecule has 0 aliphatic rings. The molecule has 2 rings (SSSR count). The molecule has 7 nitrogen and oxygen atoms in total. The predicted molar refractivity (Wildman–Crippen MR) is 70.2 cm³/mol. The van der Waals surface area contributed by atoms with Crippen LogP contribution in [0.1, 0.15) is 5.56 Å². The summed E-state index contributed by atoms with van der Waals surface area (Å²) < 4.78 is 1.58. The molecule has 2 heterocycles. The van der Waals surface area contributed by atoms with Crippen molar-refractivity contribution in [3.63, 3.8) is 0 Å². The number of nitrogens with zero attached hydrogens (tertiary/aromatic N) is 3. The number of anilines is 1. The number of nitrogens with one attached hydrogen (secondary N) is 1. The predicted octanol–water partition coefficient (Wildman–Crippen LogP) is 1.24. The van der Waals surface area contributed by atoms with E-state index in [9.17, 15) is 14.9 Å². The molecule has 0 aliphatic carbocycles. The Labute approximate surface area is 108 Å². The van der Waals surface area contributed by atoms with Crippen LogP contribution < -0.4 is 10.7 Å². The zero-order chi connectivity index (χ0) is 13.8. The lowest BCUT2D eigenvalue weighted by Crippen LogP contribution is -2.12. The van der Waals surface area contributed by atoms with Gasteiger partial charge in [-0.2, -0.15) is 0 Å². The summed E-state index contributed by atoms with van der Waals surface area (Å²) in [5.74, 6) is 0.698. The van der Waals surface area contributed by atoms with E-state index in [1.54, 1.807) is 23.9 Å². The smallest absolute Gasteiger partial charge is 0.332 e. The first kappa shape index (κ1) is 12.7. The van der Waals surface area contributed by atoms with Crippen molar-refractivity contribution in [2.24, 2.45) is 0 Å². The standard InChI is InChI=1S/C12H12N4O3/c1-13-12-9(3-2-5-14-12)7-15-6-4-11(17)10(8-15)16(18)19/h2-6,8H,7H2,1H3,(H,13,14). The van der Waals surface area contributed by atoms with E-state index in [1.807, 2.05) is 6.07 Å². The zero-order valence-corrected chi connectivity index (χ0v) is 10.2. The van der Waals surface area contributed by atoms with Crippen molar-refractivity contribution < 1.29 is 4.92 Å². The van der Waals surface area contributed by atoms with Crippen molar-refractivity contribution in [2.75, 3.05) is 12.4 Å². The quantitative estimate of drug-likeness (QED) is 0.659. The van der Waals surface area contributed by atoms with E-state index in [2.05, 4.69) is 10.3 Å². The van der Waals surface area contributed by atoms with Gasteiger partial charge in [-0.15, -0.1) is 0 Å². The normalized spacial score (nSPS) is 10.2. The summed E-state index contributed by atoms with van der Waals surface area (Å²) in [5, 5.41) is 13.7. The molecule has 0 unspecified atom stereocenters. The Morgan fingerprint density at radius 1 is 1.47 bits per heavy atom. The Morgan fingerprint density at radius 2 is 2.26 bits per heavy atom. The molecule has 0 aliphatic heterocycles. The van der Waals surface area contributed by atoms with Crippen LogP contribution in [0.4, 0.5) is 11.5 Å². The van der Waals surface area contributed by atoms with Crippen molar-refractivity contribution >= 4 is 11.5 Å². The maximum Gasteiger partial charge on any atom is 0.332 e. The first-order chi connectivity index (χ1) is 9.11. The highest BCUT2D eigenvalue weighted by molar-refractivity contribution is 5.43. The third-order valence-electron chi connectivity index (χ3n) is 2.64. The molecule has 19 heavy (non-hydrogen) atoms. The summed E-state index contributed by atoms with van der Waals surface area (Å²) >= 11 is 0. The maximum absolute atomic E-state index is 11.3. The lowest BCUT2D eigenvalue weighted by atomic mass is 10.2. The minimum atomic E-state index is -0.680. The van der Waals surface area contributed by atoms with Crippen LogP contribution in [0.25, 0.3) is 0 Å². The number of hydrogen-bond acceptors (Lipinski definition) is 5. The van der Waals surface area contributed by atoms with Crippen LogP contribution in [0.2, 0.25) is 0 Å². The summed E-state index contributed by atoms with van der Waals surface area (Å²) in [6.07, 6.45) is 4.40. The Balaban J connectivity index is 2.36. The Kier molecular flexibility index (Phi) is 3.56. The number of aromatic nitrogens is 2. The van der Waals surface area contributed by atoms with Gasteiger partial charge in [0.25, 0.3) is 5.43 Å². The molecule has 7 heteroatoms. The Hall–Kier alpha value is -2.70. The average molecular weight is 260 g/mol. The van der Waals surface area contributed by atoms with Gasteiger partial charge in [0.1, 0.15) is 5.82 Å². The van der Waals surface area contributed by atoms with Gasteiger partial charge in [-0.05, 0) is 6.07 Å². The van der Waals surface area contributed by atoms with Gasteiger partial charge >= 0.3 is 5.69 Å². The maximum atomic E-state index is 11.3. The molecule has 2 aromatic rings. The van der Waals surface area contributed by atoms with Gasteiger partial charge in [-0.25, -0.2) is 4.98 Å². The number of rotatable bonds is 4. The lowest BCUT2D eigenvalue weighted by molar-refractivity contribution is -0.386. The third-order valence-corrected chi connectivity index (χ3v) is 2.64. The molecule has 0 atom stereocenters. The van der Waals surface area contributed by atoms with E-state index in [1.165, 1.54) is 18.5 Å². The van der Waals surface area contributed by atoms with Gasteiger partial charge in [-0.3, -0.25) is 14.9 Å². The van der Waals surface area contributed by atoms with Crippen LogP contribution >= 0.6 is 0 Å². The minimum Gasteiger partial charge on any atom is -0.373 e. The summed E-state index contributed by atoms with van der Waals surface area (Å²) in [4.78, 5) is 25.5. The molecule has 0 spiro atoms. The van der Waals surface area contributed by atoms with Gasteiger partial charge in [0.2, 0.25) is 0 Å². The van der Waals surface area contributed by atoms with E-state index in [0.717, 1.165) is 5.56 Å². The van der Waals surface area contributed by atoms with Crippen LogP contribution in [0, 0.1) is 10.1 Å². The first-order valence-electron chi connectivity index (χ1n) is 5.58. The molecule has 0 aromatic carbocycles. The monoisotopic (exact) mass is 260 g/mol. The van der Waals surface area contributed by atoms with Gasteiger partial charge in [0.15, 0.2) is 0 Å². The summed E-state index contributed by atoms with van der Waals surface area (Å²) in [6, 6.07) is 4.84. The second kappa shape index (κ2) is 5.30. The molecule has 1 N–H and O–H groups in total. The molecular weight excluding hydrogens is 248 g/mol. The Morgan fingerprint density at radius 3 is 2.95 bits per heavy atom. The molecule has 2 aromatic heterocycles. The van der Waals surface area contributed by atoms with Crippen LogP contribution in [-0.2, 0) is 6.54 Å². The molecule has 98 valence electrons. The molecule has 0 saturated carbocycles. The first-order valence-corrected chi connectivity index (χ1v) is 5.58. The lowest BCUT2D eigenvalue weighted by Gasteiger charge is -2.09. The van der Waals surface area contributed by atoms with Gasteiger partial charge in [0.05, 0.1) is 17.7 Å². The van der Waals surface area contributed by atoms with Crippen molar-refractivity contribution in [3.8, 4) is 0 Å². The van der Waals surface area contributed by atoms with E-state index in [4.69, 9.17) is 0 Å².